The molecule has 2 aromatic rings. The van der Waals surface area contributed by atoms with Crippen LogP contribution in [0, 0.1) is 0 Å². The Balaban J connectivity index is 1.90. The van der Waals surface area contributed by atoms with E-state index in [-0.39, 0.29) is 5.78 Å². The predicted octanol–water partition coefficient (Wildman–Crippen LogP) is 5.05. The Kier molecular flexibility index (Phi) is 4.82. The molecule has 0 radical (unpaired) electrons. The number of nitrogens with zero attached hydrogens (tertiary/aromatic N) is 2. The van der Waals surface area contributed by atoms with Crippen LogP contribution < -0.4 is 0 Å². The van der Waals surface area contributed by atoms with Gasteiger partial charge < -0.3 is 0 Å². The second kappa shape index (κ2) is 7.01. The number of unbranched alkanes of at least 4 members (excludes halogenated alkanes) is 1. The first-order valence-corrected chi connectivity index (χ1v) is 8.75. The van der Waals surface area contributed by atoms with Gasteiger partial charge in [-0.3, -0.25) is 9.80 Å². The van der Waals surface area contributed by atoms with Crippen molar-refractivity contribution in [3.63, 3.8) is 0 Å². The van der Waals surface area contributed by atoms with Crippen molar-refractivity contribution in [3.05, 3.63) is 59.1 Å². The molecule has 0 aliphatic carbocycles. The van der Waals surface area contributed by atoms with Gasteiger partial charge in [-0.1, -0.05) is 67.6 Å². The lowest BCUT2D eigenvalue weighted by atomic mass is 10.0. The lowest BCUT2D eigenvalue weighted by molar-refractivity contribution is 0.104. The van der Waals surface area contributed by atoms with Crippen LogP contribution in [0.15, 0.2) is 58.7 Å². The Hall–Kier alpha value is -2.07. The topological polar surface area (TPSA) is 32.7 Å². The Morgan fingerprint density at radius 1 is 1.22 bits per heavy atom. The number of rotatable bonds is 5. The second-order valence-corrected chi connectivity index (χ2v) is 6.78. The van der Waals surface area contributed by atoms with Crippen LogP contribution in [-0.2, 0) is 0 Å². The van der Waals surface area contributed by atoms with Gasteiger partial charge in [0.2, 0.25) is 0 Å². The Morgan fingerprint density at radius 3 is 2.83 bits per heavy atom. The molecule has 1 aliphatic heterocycles. The van der Waals surface area contributed by atoms with E-state index in [0.29, 0.717) is 0 Å². The highest BCUT2D eigenvalue weighted by Crippen LogP contribution is 2.31. The fourth-order valence-corrected chi connectivity index (χ4v) is 3.49. The van der Waals surface area contributed by atoms with E-state index in [1.807, 2.05) is 54.4 Å². The Bertz CT molecular complexity index is 790. The number of allylic oxidation sites excluding steroid dienone is 1. The smallest absolute Gasteiger partial charge is 0.189 e. The molecule has 1 heterocycles. The largest absolute Gasteiger partial charge is 0.289 e. The summed E-state index contributed by atoms with van der Waals surface area (Å²) in [5, 5.41) is 10.5. The molecule has 118 valence electrons. The third-order valence-corrected chi connectivity index (χ3v) is 4.72. The maximum absolute atomic E-state index is 12.8. The molecule has 0 bridgehead atoms. The number of carbonyl (C=O) groups is 1. The number of hydrogen-bond donors (Lipinski definition) is 0. The lowest BCUT2D eigenvalue weighted by Gasteiger charge is -2.14. The zero-order valence-electron chi connectivity index (χ0n) is 13.5. The van der Waals surface area contributed by atoms with E-state index in [9.17, 15) is 4.79 Å². The van der Waals surface area contributed by atoms with E-state index in [1.165, 1.54) is 0 Å². The number of carbonyl (C=O) groups excluding carboxylic acids is 1. The van der Waals surface area contributed by atoms with Gasteiger partial charge >= 0.3 is 0 Å². The van der Waals surface area contributed by atoms with Crippen LogP contribution in [-0.4, -0.2) is 22.4 Å². The molecule has 0 spiro atoms. The summed E-state index contributed by atoms with van der Waals surface area (Å²) in [7, 11) is 0. The van der Waals surface area contributed by atoms with Crippen molar-refractivity contribution < 1.29 is 4.79 Å². The van der Waals surface area contributed by atoms with E-state index in [2.05, 4.69) is 12.0 Å². The first kappa shape index (κ1) is 15.8. The fourth-order valence-electron chi connectivity index (χ4n) is 2.65. The van der Waals surface area contributed by atoms with Crippen molar-refractivity contribution in [2.24, 2.45) is 5.10 Å². The Labute approximate surface area is 141 Å². The molecule has 0 saturated heterocycles. The molecule has 0 amide bonds. The summed E-state index contributed by atoms with van der Waals surface area (Å²) in [6.45, 7) is 4.99. The highest BCUT2D eigenvalue weighted by atomic mass is 32.2. The summed E-state index contributed by atoms with van der Waals surface area (Å²) in [6.07, 6.45) is 3.90. The van der Waals surface area contributed by atoms with Gasteiger partial charge in [-0.2, -0.15) is 5.10 Å². The average Bonchev–Trinajstić information content (AvgIpc) is 2.91. The molecule has 23 heavy (non-hydrogen) atoms. The molecule has 0 fully saturated rings. The summed E-state index contributed by atoms with van der Waals surface area (Å²) in [6, 6.07) is 13.9. The molecule has 0 saturated carbocycles. The number of ketones is 1. The van der Waals surface area contributed by atoms with Gasteiger partial charge in [0.1, 0.15) is 5.03 Å². The highest BCUT2D eigenvalue weighted by Gasteiger charge is 2.20. The first-order valence-electron chi connectivity index (χ1n) is 7.93. The van der Waals surface area contributed by atoms with Crippen molar-refractivity contribution in [3.8, 4) is 0 Å². The van der Waals surface area contributed by atoms with Crippen LogP contribution >= 0.6 is 11.8 Å². The number of benzene rings is 2. The zero-order chi connectivity index (χ0) is 16.2. The van der Waals surface area contributed by atoms with Gasteiger partial charge in [0.15, 0.2) is 5.78 Å². The highest BCUT2D eigenvalue weighted by molar-refractivity contribution is 8.17. The summed E-state index contributed by atoms with van der Waals surface area (Å²) < 4.78 is 0. The average molecular weight is 324 g/mol. The Morgan fingerprint density at radius 2 is 2.00 bits per heavy atom. The van der Waals surface area contributed by atoms with Gasteiger partial charge in [-0.15, -0.1) is 0 Å². The van der Waals surface area contributed by atoms with Gasteiger partial charge in [-0.05, 0) is 24.1 Å². The first-order chi connectivity index (χ1) is 11.2. The van der Waals surface area contributed by atoms with Crippen LogP contribution in [0.1, 0.15) is 37.0 Å². The summed E-state index contributed by atoms with van der Waals surface area (Å²) in [4.78, 5) is 12.8. The van der Waals surface area contributed by atoms with Crippen molar-refractivity contribution in [1.29, 1.82) is 0 Å². The number of thioether (sulfide) groups is 1. The zero-order valence-corrected chi connectivity index (χ0v) is 14.3. The van der Waals surface area contributed by atoms with E-state index in [1.54, 1.807) is 17.8 Å². The molecule has 0 atom stereocenters. The molecule has 0 N–H and O–H groups in total. The van der Waals surface area contributed by atoms with Crippen molar-refractivity contribution in [1.82, 2.24) is 5.01 Å². The molecule has 2 aromatic carbocycles. The summed E-state index contributed by atoms with van der Waals surface area (Å²) in [5.74, 6) is 0.0377. The normalized spacial score (nSPS) is 16.2. The molecule has 3 rings (SSSR count). The molecule has 0 aromatic heterocycles. The number of fused-ring (bicyclic) bond motifs is 1. The van der Waals surface area contributed by atoms with Gasteiger partial charge in [0.25, 0.3) is 0 Å². The van der Waals surface area contributed by atoms with Crippen LogP contribution in [0.25, 0.3) is 10.8 Å². The molecule has 4 heteroatoms. The third-order valence-electron chi connectivity index (χ3n) is 3.80. The van der Waals surface area contributed by atoms with Crippen LogP contribution in [0.5, 0.6) is 0 Å². The molecular formula is C19H20N2OS. The molecular weight excluding hydrogens is 304 g/mol. The fraction of sp³-hybridized carbons (Fsp3) is 0.263. The van der Waals surface area contributed by atoms with E-state index in [0.717, 1.165) is 45.8 Å². The summed E-state index contributed by atoms with van der Waals surface area (Å²) in [5.41, 5.74) is 0.746. The van der Waals surface area contributed by atoms with Crippen molar-refractivity contribution in [2.75, 3.05) is 6.54 Å². The van der Waals surface area contributed by atoms with E-state index in [4.69, 9.17) is 0 Å². The van der Waals surface area contributed by atoms with Crippen LogP contribution in [0.4, 0.5) is 0 Å². The van der Waals surface area contributed by atoms with Crippen LogP contribution in [0.2, 0.25) is 0 Å². The SMILES string of the molecule is CCCCN1N=C(C)SC1=CC(=O)c1cccc2ccccc12. The lowest BCUT2D eigenvalue weighted by Crippen LogP contribution is -2.14. The quantitative estimate of drug-likeness (QED) is 0.570. The van der Waals surface area contributed by atoms with Gasteiger partial charge in [0.05, 0.1) is 5.04 Å². The number of hydrazone groups is 1. The predicted molar refractivity (Wildman–Crippen MR) is 98.7 cm³/mol. The van der Waals surface area contributed by atoms with E-state index >= 15 is 0 Å². The maximum Gasteiger partial charge on any atom is 0.189 e. The standard InChI is InChI=1S/C19H20N2OS/c1-3-4-12-21-19(23-14(2)20-21)13-18(22)17-11-7-9-15-8-5-6-10-16(15)17/h5-11,13H,3-4,12H2,1-2H3. The van der Waals surface area contributed by atoms with Gasteiger partial charge in [0, 0.05) is 18.2 Å². The maximum atomic E-state index is 12.8. The minimum Gasteiger partial charge on any atom is -0.289 e. The molecule has 3 nitrogen and oxygen atoms in total. The van der Waals surface area contributed by atoms with E-state index < -0.39 is 0 Å². The minimum absolute atomic E-state index is 0.0377. The molecule has 0 unspecified atom stereocenters. The van der Waals surface area contributed by atoms with Gasteiger partial charge in [-0.25, -0.2) is 0 Å². The van der Waals surface area contributed by atoms with Crippen LogP contribution in [0.3, 0.4) is 0 Å². The monoisotopic (exact) mass is 324 g/mol. The van der Waals surface area contributed by atoms with Crippen molar-refractivity contribution >= 4 is 33.4 Å². The second-order valence-electron chi connectivity index (χ2n) is 5.57. The minimum atomic E-state index is 0.0377. The number of hydrogen-bond acceptors (Lipinski definition) is 4. The molecule has 1 aliphatic rings. The van der Waals surface area contributed by atoms with Crippen molar-refractivity contribution in [2.45, 2.75) is 26.7 Å². The third kappa shape index (κ3) is 3.48. The summed E-state index contributed by atoms with van der Waals surface area (Å²) >= 11 is 1.57.